The predicted molar refractivity (Wildman–Crippen MR) is 71.2 cm³/mol. The molecule has 0 radical (unpaired) electrons. The lowest BCUT2D eigenvalue weighted by atomic mass is 9.91. The molecule has 0 aromatic carbocycles. The maximum Gasteiger partial charge on any atom is 0.0960 e. The summed E-state index contributed by atoms with van der Waals surface area (Å²) in [6.45, 7) is 7.05. The summed E-state index contributed by atoms with van der Waals surface area (Å²) in [4.78, 5) is 2.24. The van der Waals surface area contributed by atoms with Gasteiger partial charge in [0.05, 0.1) is 18.8 Å². The lowest BCUT2D eigenvalue weighted by Gasteiger charge is -2.34. The minimum atomic E-state index is -0.292. The molecule has 1 aliphatic rings. The SMILES string of the molecule is CCCCC(CC)CC(O)C1CN(C)CCO1. The van der Waals surface area contributed by atoms with Gasteiger partial charge >= 0.3 is 0 Å². The second kappa shape index (κ2) is 8.06. The molecule has 3 heteroatoms. The van der Waals surface area contributed by atoms with Gasteiger partial charge in [0.25, 0.3) is 0 Å². The van der Waals surface area contributed by atoms with E-state index in [4.69, 9.17) is 4.74 Å². The van der Waals surface area contributed by atoms with Crippen molar-refractivity contribution in [3.05, 3.63) is 0 Å². The zero-order chi connectivity index (χ0) is 12.7. The Bertz CT molecular complexity index is 199. The molecule has 1 aliphatic heterocycles. The van der Waals surface area contributed by atoms with Gasteiger partial charge in [0.1, 0.15) is 0 Å². The van der Waals surface area contributed by atoms with Gasteiger partial charge in [-0.15, -0.1) is 0 Å². The zero-order valence-electron chi connectivity index (χ0n) is 11.7. The Hall–Kier alpha value is -0.120. The van der Waals surface area contributed by atoms with Gasteiger partial charge in [-0.3, -0.25) is 0 Å². The van der Waals surface area contributed by atoms with Crippen LogP contribution >= 0.6 is 0 Å². The van der Waals surface area contributed by atoms with Crippen LogP contribution in [-0.4, -0.2) is 49.0 Å². The minimum Gasteiger partial charge on any atom is -0.390 e. The average Bonchev–Trinajstić information content (AvgIpc) is 2.34. The number of likely N-dealkylation sites (N-methyl/N-ethyl adjacent to an activating group) is 1. The van der Waals surface area contributed by atoms with Crippen molar-refractivity contribution in [2.24, 2.45) is 5.92 Å². The first-order valence-electron chi connectivity index (χ1n) is 7.15. The predicted octanol–water partition coefficient (Wildman–Crippen LogP) is 2.28. The molecule has 3 nitrogen and oxygen atoms in total. The zero-order valence-corrected chi connectivity index (χ0v) is 11.7. The van der Waals surface area contributed by atoms with E-state index in [0.717, 1.165) is 26.1 Å². The number of nitrogens with zero attached hydrogens (tertiary/aromatic N) is 1. The van der Waals surface area contributed by atoms with Crippen molar-refractivity contribution in [3.63, 3.8) is 0 Å². The summed E-state index contributed by atoms with van der Waals surface area (Å²) in [5, 5.41) is 10.2. The normalized spacial score (nSPS) is 25.8. The molecule has 3 unspecified atom stereocenters. The smallest absolute Gasteiger partial charge is 0.0960 e. The topological polar surface area (TPSA) is 32.7 Å². The first-order chi connectivity index (χ1) is 8.17. The maximum absolute atomic E-state index is 10.2. The number of aliphatic hydroxyl groups excluding tert-OH is 1. The summed E-state index contributed by atoms with van der Waals surface area (Å²) in [5.74, 6) is 0.654. The third kappa shape index (κ3) is 5.36. The highest BCUT2D eigenvalue weighted by Crippen LogP contribution is 2.21. The quantitative estimate of drug-likeness (QED) is 0.744. The Morgan fingerprint density at radius 1 is 1.41 bits per heavy atom. The van der Waals surface area contributed by atoms with Gasteiger partial charge in [-0.05, 0) is 19.4 Å². The standard InChI is InChI=1S/C14H29NO2/c1-4-6-7-12(5-2)10-13(16)14-11-15(3)8-9-17-14/h12-14,16H,4-11H2,1-3H3. The molecule has 0 aromatic heterocycles. The van der Waals surface area contributed by atoms with Gasteiger partial charge < -0.3 is 14.7 Å². The van der Waals surface area contributed by atoms with E-state index >= 15 is 0 Å². The summed E-state index contributed by atoms with van der Waals surface area (Å²) in [6.07, 6.45) is 5.55. The van der Waals surface area contributed by atoms with Gasteiger partial charge in [0, 0.05) is 13.1 Å². The molecule has 102 valence electrons. The second-order valence-corrected chi connectivity index (χ2v) is 5.39. The third-order valence-corrected chi connectivity index (χ3v) is 3.84. The van der Waals surface area contributed by atoms with Crippen molar-refractivity contribution in [2.45, 2.75) is 58.2 Å². The monoisotopic (exact) mass is 243 g/mol. The van der Waals surface area contributed by atoms with E-state index in [1.165, 1.54) is 25.7 Å². The van der Waals surface area contributed by atoms with Crippen LogP contribution in [-0.2, 0) is 4.74 Å². The van der Waals surface area contributed by atoms with Crippen LogP contribution in [0.4, 0.5) is 0 Å². The van der Waals surface area contributed by atoms with Crippen molar-refractivity contribution in [1.82, 2.24) is 4.90 Å². The molecular formula is C14H29NO2. The molecule has 17 heavy (non-hydrogen) atoms. The van der Waals surface area contributed by atoms with Crippen molar-refractivity contribution < 1.29 is 9.84 Å². The lowest BCUT2D eigenvalue weighted by molar-refractivity contribution is -0.0893. The van der Waals surface area contributed by atoms with Crippen LogP contribution in [0.25, 0.3) is 0 Å². The number of hydrogen-bond acceptors (Lipinski definition) is 3. The van der Waals surface area contributed by atoms with Crippen LogP contribution in [0, 0.1) is 5.92 Å². The number of ether oxygens (including phenoxy) is 1. The summed E-state index contributed by atoms with van der Waals surface area (Å²) in [7, 11) is 2.09. The highest BCUT2D eigenvalue weighted by atomic mass is 16.5. The molecule has 1 fully saturated rings. The molecule has 0 aliphatic carbocycles. The van der Waals surface area contributed by atoms with Crippen molar-refractivity contribution in [2.75, 3.05) is 26.7 Å². The number of rotatable bonds is 7. The fraction of sp³-hybridized carbons (Fsp3) is 1.00. The van der Waals surface area contributed by atoms with Gasteiger partial charge in [-0.25, -0.2) is 0 Å². The number of aliphatic hydroxyl groups is 1. The van der Waals surface area contributed by atoms with Gasteiger partial charge in [0.2, 0.25) is 0 Å². The van der Waals surface area contributed by atoms with Crippen molar-refractivity contribution >= 4 is 0 Å². The molecule has 0 saturated carbocycles. The molecule has 0 aromatic rings. The average molecular weight is 243 g/mol. The molecule has 0 bridgehead atoms. The Labute approximate surface area is 106 Å². The van der Waals surface area contributed by atoms with E-state index in [2.05, 4.69) is 25.8 Å². The number of unbranched alkanes of at least 4 members (excludes halogenated alkanes) is 1. The van der Waals surface area contributed by atoms with Crippen LogP contribution in [0.5, 0.6) is 0 Å². The Morgan fingerprint density at radius 3 is 2.76 bits per heavy atom. The van der Waals surface area contributed by atoms with Gasteiger partial charge in [-0.2, -0.15) is 0 Å². The molecular weight excluding hydrogens is 214 g/mol. The highest BCUT2D eigenvalue weighted by Gasteiger charge is 2.26. The van der Waals surface area contributed by atoms with E-state index in [1.807, 2.05) is 0 Å². The summed E-state index contributed by atoms with van der Waals surface area (Å²) < 4.78 is 5.67. The summed E-state index contributed by atoms with van der Waals surface area (Å²) in [5.41, 5.74) is 0. The van der Waals surface area contributed by atoms with E-state index in [1.54, 1.807) is 0 Å². The summed E-state index contributed by atoms with van der Waals surface area (Å²) in [6, 6.07) is 0. The molecule has 1 rings (SSSR count). The fourth-order valence-corrected chi connectivity index (χ4v) is 2.52. The Kier molecular flexibility index (Phi) is 7.09. The number of morpholine rings is 1. The van der Waals surface area contributed by atoms with E-state index in [-0.39, 0.29) is 12.2 Å². The van der Waals surface area contributed by atoms with Crippen LogP contribution in [0.15, 0.2) is 0 Å². The lowest BCUT2D eigenvalue weighted by Crippen LogP contribution is -2.46. The molecule has 0 amide bonds. The first-order valence-corrected chi connectivity index (χ1v) is 7.15. The number of hydrogen-bond donors (Lipinski definition) is 1. The van der Waals surface area contributed by atoms with Crippen LogP contribution in [0.1, 0.15) is 46.0 Å². The first kappa shape index (κ1) is 14.9. The Balaban J connectivity index is 2.32. The summed E-state index contributed by atoms with van der Waals surface area (Å²) >= 11 is 0. The van der Waals surface area contributed by atoms with Crippen molar-refractivity contribution in [3.8, 4) is 0 Å². The van der Waals surface area contributed by atoms with Crippen LogP contribution in [0.3, 0.4) is 0 Å². The van der Waals surface area contributed by atoms with Gasteiger partial charge in [-0.1, -0.05) is 39.5 Å². The van der Waals surface area contributed by atoms with Crippen LogP contribution < -0.4 is 0 Å². The molecule has 1 saturated heterocycles. The molecule has 3 atom stereocenters. The van der Waals surface area contributed by atoms with E-state index < -0.39 is 0 Å². The van der Waals surface area contributed by atoms with E-state index in [0.29, 0.717) is 5.92 Å². The minimum absolute atomic E-state index is 0.0180. The third-order valence-electron chi connectivity index (χ3n) is 3.84. The van der Waals surface area contributed by atoms with Crippen molar-refractivity contribution in [1.29, 1.82) is 0 Å². The van der Waals surface area contributed by atoms with Crippen LogP contribution in [0.2, 0.25) is 0 Å². The highest BCUT2D eigenvalue weighted by molar-refractivity contribution is 4.78. The second-order valence-electron chi connectivity index (χ2n) is 5.39. The molecule has 1 N–H and O–H groups in total. The molecule has 0 spiro atoms. The van der Waals surface area contributed by atoms with E-state index in [9.17, 15) is 5.11 Å². The fourth-order valence-electron chi connectivity index (χ4n) is 2.52. The maximum atomic E-state index is 10.2. The largest absolute Gasteiger partial charge is 0.390 e. The van der Waals surface area contributed by atoms with Gasteiger partial charge in [0.15, 0.2) is 0 Å². The molecule has 1 heterocycles. The Morgan fingerprint density at radius 2 is 2.18 bits per heavy atom.